The van der Waals surface area contributed by atoms with Crippen LogP contribution < -0.4 is 4.81 Å². The molecular formula is C8H11N3O2+2. The normalized spacial score (nSPS) is 10.9. The largest absolute Gasteiger partial charge is 0.385 e. The Kier molecular flexibility index (Phi) is 2.58. The zero-order chi connectivity index (χ0) is 9.90. The van der Waals surface area contributed by atoms with E-state index in [4.69, 9.17) is 5.39 Å². The summed E-state index contributed by atoms with van der Waals surface area (Å²) in [5.41, 5.74) is 0.703. The summed E-state index contributed by atoms with van der Waals surface area (Å²) in [5, 5.41) is 27.1. The molecule has 0 radical (unpaired) electrons. The number of hydrogen-bond donors (Lipinski definition) is 2. The van der Waals surface area contributed by atoms with Crippen molar-refractivity contribution in [2.24, 2.45) is 0 Å². The quantitative estimate of drug-likeness (QED) is 0.417. The second-order valence-electron chi connectivity index (χ2n) is 2.66. The third-order valence-corrected chi connectivity index (χ3v) is 1.82. The first-order valence-electron chi connectivity index (χ1n) is 3.89. The van der Waals surface area contributed by atoms with Gasteiger partial charge in [0.15, 0.2) is 10.7 Å². The number of diazo groups is 1. The van der Waals surface area contributed by atoms with Crippen LogP contribution in [0.1, 0.15) is 6.92 Å². The van der Waals surface area contributed by atoms with E-state index in [1.165, 1.54) is 24.3 Å². The van der Waals surface area contributed by atoms with E-state index >= 15 is 0 Å². The van der Waals surface area contributed by atoms with Gasteiger partial charge < -0.3 is 0 Å². The third kappa shape index (κ3) is 2.00. The van der Waals surface area contributed by atoms with Crippen molar-refractivity contribution in [2.75, 3.05) is 6.54 Å². The van der Waals surface area contributed by atoms with Crippen LogP contribution in [0.3, 0.4) is 0 Å². The third-order valence-electron chi connectivity index (χ3n) is 1.82. The van der Waals surface area contributed by atoms with Crippen molar-refractivity contribution in [2.45, 2.75) is 6.92 Å². The Hall–Kier alpha value is -1.48. The van der Waals surface area contributed by atoms with Crippen LogP contribution >= 0.6 is 0 Å². The van der Waals surface area contributed by atoms with Crippen molar-refractivity contribution in [1.29, 1.82) is 5.39 Å². The number of quaternary nitrogens is 1. The van der Waals surface area contributed by atoms with Gasteiger partial charge in [0.05, 0.1) is 0 Å². The Morgan fingerprint density at radius 1 is 1.31 bits per heavy atom. The fraction of sp³-hybridized carbons (Fsp3) is 0.250. The minimum absolute atomic E-state index is 0.148. The monoisotopic (exact) mass is 181 g/mol. The van der Waals surface area contributed by atoms with Gasteiger partial charge in [-0.15, -0.1) is 0 Å². The van der Waals surface area contributed by atoms with Crippen molar-refractivity contribution < 1.29 is 10.4 Å². The molecule has 0 amide bonds. The molecule has 2 N–H and O–H groups in total. The van der Waals surface area contributed by atoms with Crippen molar-refractivity contribution in [3.8, 4) is 0 Å². The van der Waals surface area contributed by atoms with Crippen molar-refractivity contribution in [3.05, 3.63) is 29.2 Å². The highest BCUT2D eigenvalue weighted by atomic mass is 16.8. The number of hydrogen-bond acceptors (Lipinski definition) is 3. The van der Waals surface area contributed by atoms with Crippen LogP contribution in [0.4, 0.5) is 11.4 Å². The minimum Gasteiger partial charge on any atom is -0.176 e. The molecule has 0 atom stereocenters. The molecule has 5 nitrogen and oxygen atoms in total. The summed E-state index contributed by atoms with van der Waals surface area (Å²) < 4.78 is 0. The number of hydroxylamine groups is 2. The maximum atomic E-state index is 9.36. The van der Waals surface area contributed by atoms with Crippen LogP contribution in [0, 0.1) is 5.39 Å². The van der Waals surface area contributed by atoms with Crippen LogP contribution in [0.15, 0.2) is 24.3 Å². The molecule has 0 aromatic heterocycles. The molecule has 1 rings (SSSR count). The van der Waals surface area contributed by atoms with E-state index in [1.807, 2.05) is 0 Å². The van der Waals surface area contributed by atoms with Crippen LogP contribution in [0.25, 0.3) is 4.98 Å². The predicted octanol–water partition coefficient (Wildman–Crippen LogP) is 2.28. The molecule has 0 aliphatic rings. The lowest BCUT2D eigenvalue weighted by atomic mass is 10.3. The molecule has 0 bridgehead atoms. The summed E-state index contributed by atoms with van der Waals surface area (Å²) in [6, 6.07) is 5.95. The minimum atomic E-state index is -1.16. The number of benzene rings is 1. The Balaban J connectivity index is 3.00. The molecule has 68 valence electrons. The van der Waals surface area contributed by atoms with Gasteiger partial charge >= 0.3 is 5.69 Å². The fourth-order valence-corrected chi connectivity index (χ4v) is 0.941. The molecule has 0 aliphatic carbocycles. The molecule has 0 aliphatic heterocycles. The molecule has 0 fully saturated rings. The van der Waals surface area contributed by atoms with E-state index in [-0.39, 0.29) is 6.54 Å². The average Bonchev–Trinajstić information content (AvgIpc) is 2.18. The van der Waals surface area contributed by atoms with E-state index in [2.05, 4.69) is 4.98 Å². The van der Waals surface area contributed by atoms with Gasteiger partial charge in [-0.05, 0) is 11.7 Å². The maximum absolute atomic E-state index is 9.36. The highest BCUT2D eigenvalue weighted by Gasteiger charge is 2.24. The van der Waals surface area contributed by atoms with Gasteiger partial charge in [0, 0.05) is 24.3 Å². The SMILES string of the molecule is CC[N+](O)(O)c1ccc([N+]#N)cc1. The summed E-state index contributed by atoms with van der Waals surface area (Å²) in [6.07, 6.45) is 0. The second-order valence-corrected chi connectivity index (χ2v) is 2.66. The van der Waals surface area contributed by atoms with Crippen LogP contribution in [-0.4, -0.2) is 17.0 Å². The molecule has 0 heterocycles. The smallest absolute Gasteiger partial charge is 0.176 e. The first-order chi connectivity index (χ1) is 6.10. The lowest BCUT2D eigenvalue weighted by Gasteiger charge is -2.17. The standard InChI is InChI=1S/C8H11N3O2/c1-2-11(12,13)8-5-3-7(10-9)4-6-8/h3-6,12-13H,2H2,1H3/q+2. The average molecular weight is 181 g/mol. The molecule has 1 aromatic carbocycles. The maximum Gasteiger partial charge on any atom is 0.385 e. The molecule has 0 spiro atoms. The summed E-state index contributed by atoms with van der Waals surface area (Å²) in [6.45, 7) is 1.79. The highest BCUT2D eigenvalue weighted by molar-refractivity contribution is 5.51. The van der Waals surface area contributed by atoms with Gasteiger partial charge in [-0.1, -0.05) is 0 Å². The van der Waals surface area contributed by atoms with E-state index in [1.54, 1.807) is 6.92 Å². The summed E-state index contributed by atoms with van der Waals surface area (Å²) in [4.78, 5) is 1.79. The molecule has 5 heteroatoms. The Morgan fingerprint density at radius 3 is 2.23 bits per heavy atom. The molecule has 1 aromatic rings. The fourth-order valence-electron chi connectivity index (χ4n) is 0.941. The Bertz CT molecular complexity index is 326. The van der Waals surface area contributed by atoms with Gasteiger partial charge in [-0.2, -0.15) is 10.4 Å². The van der Waals surface area contributed by atoms with E-state index < -0.39 is 4.81 Å². The topological polar surface area (TPSA) is 68.6 Å². The summed E-state index contributed by atoms with van der Waals surface area (Å²) in [5.74, 6) is 0. The molecule has 0 saturated heterocycles. The predicted molar refractivity (Wildman–Crippen MR) is 47.1 cm³/mol. The van der Waals surface area contributed by atoms with E-state index in [9.17, 15) is 10.4 Å². The van der Waals surface area contributed by atoms with Gasteiger partial charge in [-0.3, -0.25) is 0 Å². The first-order valence-corrected chi connectivity index (χ1v) is 3.89. The Morgan fingerprint density at radius 2 is 1.85 bits per heavy atom. The van der Waals surface area contributed by atoms with Crippen molar-refractivity contribution in [3.63, 3.8) is 0 Å². The number of nitrogens with zero attached hydrogens (tertiary/aromatic N) is 3. The van der Waals surface area contributed by atoms with E-state index in [0.29, 0.717) is 11.4 Å². The van der Waals surface area contributed by atoms with Crippen molar-refractivity contribution in [1.82, 2.24) is 4.81 Å². The van der Waals surface area contributed by atoms with Crippen LogP contribution in [0.2, 0.25) is 0 Å². The van der Waals surface area contributed by atoms with Gasteiger partial charge in [0.25, 0.3) is 0 Å². The second kappa shape index (κ2) is 3.49. The van der Waals surface area contributed by atoms with E-state index in [0.717, 1.165) is 0 Å². The van der Waals surface area contributed by atoms with Gasteiger partial charge in [0.2, 0.25) is 5.39 Å². The molecular weight excluding hydrogens is 170 g/mol. The zero-order valence-electron chi connectivity index (χ0n) is 7.25. The lowest BCUT2D eigenvalue weighted by molar-refractivity contribution is -0.287. The van der Waals surface area contributed by atoms with Crippen LogP contribution in [0.5, 0.6) is 0 Å². The molecule has 0 unspecified atom stereocenters. The Labute approximate surface area is 75.6 Å². The molecule has 13 heavy (non-hydrogen) atoms. The lowest BCUT2D eigenvalue weighted by Crippen LogP contribution is -2.41. The number of rotatable bonds is 2. The summed E-state index contributed by atoms with van der Waals surface area (Å²) in [7, 11) is 0. The van der Waals surface area contributed by atoms with Gasteiger partial charge in [0.1, 0.15) is 6.54 Å². The van der Waals surface area contributed by atoms with Crippen LogP contribution in [-0.2, 0) is 0 Å². The zero-order valence-corrected chi connectivity index (χ0v) is 7.25. The van der Waals surface area contributed by atoms with Gasteiger partial charge in [-0.25, -0.2) is 0 Å². The van der Waals surface area contributed by atoms with Crippen molar-refractivity contribution >= 4 is 11.4 Å². The highest BCUT2D eigenvalue weighted by Crippen LogP contribution is 2.21. The first kappa shape index (κ1) is 9.61. The molecule has 0 saturated carbocycles. The summed E-state index contributed by atoms with van der Waals surface area (Å²) >= 11 is 0.